The molecule has 0 aliphatic carbocycles. The van der Waals surface area contributed by atoms with Gasteiger partial charge in [0.05, 0.1) is 6.61 Å². The van der Waals surface area contributed by atoms with Crippen LogP contribution in [0, 0.1) is 11.6 Å². The van der Waals surface area contributed by atoms with Gasteiger partial charge in [0.2, 0.25) is 0 Å². The highest BCUT2D eigenvalue weighted by molar-refractivity contribution is 5.20. The van der Waals surface area contributed by atoms with Crippen LogP contribution in [0.3, 0.4) is 0 Å². The molecule has 1 N–H and O–H groups in total. The molecule has 2 nitrogen and oxygen atoms in total. The Balaban J connectivity index is 2.85. The van der Waals surface area contributed by atoms with Gasteiger partial charge in [0, 0.05) is 12.6 Å². The van der Waals surface area contributed by atoms with E-state index in [2.05, 4.69) is 0 Å². The number of hydrogen-bond donors (Lipinski definition) is 1. The van der Waals surface area contributed by atoms with E-state index in [0.717, 1.165) is 12.6 Å². The fourth-order valence-corrected chi connectivity index (χ4v) is 1.74. The molecule has 0 aliphatic rings. The maximum absolute atomic E-state index is 13.0. The molecule has 0 bridgehead atoms. The van der Waals surface area contributed by atoms with E-state index in [1.807, 2.05) is 18.7 Å². The van der Waals surface area contributed by atoms with E-state index in [0.29, 0.717) is 12.1 Å². The molecular weight excluding hydrogens is 212 g/mol. The van der Waals surface area contributed by atoms with Gasteiger partial charge in [0.15, 0.2) is 11.6 Å². The Hall–Kier alpha value is -1.00. The molecule has 4 heteroatoms. The van der Waals surface area contributed by atoms with Gasteiger partial charge in [0.25, 0.3) is 0 Å². The Kier molecular flexibility index (Phi) is 4.83. The molecule has 90 valence electrons. The molecule has 1 aromatic carbocycles. The highest BCUT2D eigenvalue weighted by Gasteiger charge is 2.15. The van der Waals surface area contributed by atoms with Crippen LogP contribution in [-0.4, -0.2) is 29.7 Å². The molecule has 0 radical (unpaired) electrons. The maximum atomic E-state index is 13.0. The zero-order chi connectivity index (χ0) is 12.1. The van der Waals surface area contributed by atoms with Gasteiger partial charge >= 0.3 is 0 Å². The molecule has 0 spiro atoms. The number of hydrogen-bond acceptors (Lipinski definition) is 2. The van der Waals surface area contributed by atoms with E-state index in [1.165, 1.54) is 6.07 Å². The molecule has 0 aromatic heterocycles. The molecule has 0 saturated heterocycles. The van der Waals surface area contributed by atoms with Crippen LogP contribution >= 0.6 is 0 Å². The monoisotopic (exact) mass is 229 g/mol. The van der Waals surface area contributed by atoms with E-state index in [-0.39, 0.29) is 12.6 Å². The van der Waals surface area contributed by atoms with Gasteiger partial charge in [-0.15, -0.1) is 0 Å². The lowest BCUT2D eigenvalue weighted by molar-refractivity contribution is 0.165. The van der Waals surface area contributed by atoms with Crippen molar-refractivity contribution < 1.29 is 13.9 Å². The van der Waals surface area contributed by atoms with Crippen LogP contribution in [0.15, 0.2) is 18.2 Å². The number of aliphatic hydroxyl groups excluding tert-OH is 1. The van der Waals surface area contributed by atoms with Crippen molar-refractivity contribution in [2.75, 3.05) is 19.7 Å². The van der Waals surface area contributed by atoms with Crippen LogP contribution in [0.2, 0.25) is 0 Å². The minimum absolute atomic E-state index is 0.0350. The predicted molar refractivity (Wildman–Crippen MR) is 59.1 cm³/mol. The number of halogens is 2. The fourth-order valence-electron chi connectivity index (χ4n) is 1.74. The first-order valence-electron chi connectivity index (χ1n) is 5.40. The molecule has 1 atom stereocenters. The summed E-state index contributed by atoms with van der Waals surface area (Å²) < 4.78 is 25.8. The van der Waals surface area contributed by atoms with Gasteiger partial charge in [-0.2, -0.15) is 0 Å². The Labute approximate surface area is 94.5 Å². The topological polar surface area (TPSA) is 23.5 Å². The number of aliphatic hydroxyl groups is 1. The lowest BCUT2D eigenvalue weighted by Gasteiger charge is -2.27. The largest absolute Gasteiger partial charge is 0.395 e. The first-order valence-corrected chi connectivity index (χ1v) is 5.40. The van der Waals surface area contributed by atoms with Gasteiger partial charge in [0.1, 0.15) is 0 Å². The lowest BCUT2D eigenvalue weighted by Crippen LogP contribution is -2.29. The van der Waals surface area contributed by atoms with Crippen molar-refractivity contribution >= 4 is 0 Å². The summed E-state index contributed by atoms with van der Waals surface area (Å²) in [7, 11) is 0. The normalized spacial score (nSPS) is 13.1. The van der Waals surface area contributed by atoms with Crippen molar-refractivity contribution in [3.05, 3.63) is 35.4 Å². The van der Waals surface area contributed by atoms with Gasteiger partial charge in [-0.1, -0.05) is 13.0 Å². The van der Waals surface area contributed by atoms with Crippen molar-refractivity contribution in [3.8, 4) is 0 Å². The second kappa shape index (κ2) is 5.92. The van der Waals surface area contributed by atoms with Gasteiger partial charge in [-0.05, 0) is 31.2 Å². The van der Waals surface area contributed by atoms with Crippen molar-refractivity contribution in [1.82, 2.24) is 4.90 Å². The van der Waals surface area contributed by atoms with Crippen molar-refractivity contribution in [3.63, 3.8) is 0 Å². The molecule has 1 rings (SSSR count). The molecule has 1 unspecified atom stereocenters. The molecule has 0 fully saturated rings. The van der Waals surface area contributed by atoms with Gasteiger partial charge < -0.3 is 5.11 Å². The Morgan fingerprint density at radius 1 is 1.31 bits per heavy atom. The first kappa shape index (κ1) is 13.1. The highest BCUT2D eigenvalue weighted by Crippen LogP contribution is 2.21. The highest BCUT2D eigenvalue weighted by atomic mass is 19.2. The standard InChI is InChI=1S/C12H17F2NO/c1-3-15(6-7-16)9(2)10-4-5-11(13)12(14)8-10/h4-5,8-9,16H,3,6-7H2,1-2H3. The van der Waals surface area contributed by atoms with E-state index < -0.39 is 11.6 Å². The zero-order valence-electron chi connectivity index (χ0n) is 9.58. The van der Waals surface area contributed by atoms with Crippen molar-refractivity contribution in [1.29, 1.82) is 0 Å². The van der Waals surface area contributed by atoms with Crippen LogP contribution in [-0.2, 0) is 0 Å². The van der Waals surface area contributed by atoms with E-state index in [9.17, 15) is 8.78 Å². The second-order valence-electron chi connectivity index (χ2n) is 3.70. The minimum atomic E-state index is -0.832. The fraction of sp³-hybridized carbons (Fsp3) is 0.500. The molecule has 16 heavy (non-hydrogen) atoms. The van der Waals surface area contributed by atoms with E-state index >= 15 is 0 Å². The molecule has 0 amide bonds. The lowest BCUT2D eigenvalue weighted by atomic mass is 10.1. The molecule has 0 saturated carbocycles. The second-order valence-corrected chi connectivity index (χ2v) is 3.70. The summed E-state index contributed by atoms with van der Waals surface area (Å²) in [5.41, 5.74) is 0.717. The Morgan fingerprint density at radius 2 is 2.00 bits per heavy atom. The average Bonchev–Trinajstić information content (AvgIpc) is 2.28. The van der Waals surface area contributed by atoms with Gasteiger partial charge in [-0.25, -0.2) is 8.78 Å². The molecule has 1 aromatic rings. The predicted octanol–water partition coefficient (Wildman–Crippen LogP) is 2.34. The first-order chi connectivity index (χ1) is 7.60. The Bertz CT molecular complexity index is 344. The van der Waals surface area contributed by atoms with Crippen LogP contribution < -0.4 is 0 Å². The number of likely N-dealkylation sites (N-methyl/N-ethyl adjacent to an activating group) is 1. The third-order valence-electron chi connectivity index (χ3n) is 2.77. The van der Waals surface area contributed by atoms with Gasteiger partial charge in [-0.3, -0.25) is 4.90 Å². The van der Waals surface area contributed by atoms with E-state index in [4.69, 9.17) is 5.11 Å². The summed E-state index contributed by atoms with van der Waals surface area (Å²) in [6, 6.07) is 3.88. The zero-order valence-corrected chi connectivity index (χ0v) is 9.58. The third-order valence-corrected chi connectivity index (χ3v) is 2.77. The van der Waals surface area contributed by atoms with Crippen molar-refractivity contribution in [2.45, 2.75) is 19.9 Å². The summed E-state index contributed by atoms with van der Waals surface area (Å²) in [5.74, 6) is -1.66. The Morgan fingerprint density at radius 3 is 2.50 bits per heavy atom. The molecular formula is C12H17F2NO. The summed E-state index contributed by atoms with van der Waals surface area (Å²) in [4.78, 5) is 1.99. The SMILES string of the molecule is CCN(CCO)C(C)c1ccc(F)c(F)c1. The van der Waals surface area contributed by atoms with E-state index in [1.54, 1.807) is 6.07 Å². The third kappa shape index (κ3) is 3.00. The summed E-state index contributed by atoms with van der Waals surface area (Å²) >= 11 is 0. The number of rotatable bonds is 5. The molecule has 0 aliphatic heterocycles. The van der Waals surface area contributed by atoms with Crippen LogP contribution in [0.1, 0.15) is 25.5 Å². The number of benzene rings is 1. The quantitative estimate of drug-likeness (QED) is 0.837. The average molecular weight is 229 g/mol. The summed E-state index contributed by atoms with van der Waals surface area (Å²) in [6.07, 6.45) is 0. The summed E-state index contributed by atoms with van der Waals surface area (Å²) in [6.45, 7) is 5.21. The van der Waals surface area contributed by atoms with Crippen molar-refractivity contribution in [2.24, 2.45) is 0 Å². The van der Waals surface area contributed by atoms with Crippen LogP contribution in [0.25, 0.3) is 0 Å². The van der Waals surface area contributed by atoms with Crippen LogP contribution in [0.5, 0.6) is 0 Å². The maximum Gasteiger partial charge on any atom is 0.159 e. The summed E-state index contributed by atoms with van der Waals surface area (Å²) in [5, 5.41) is 8.89. The smallest absolute Gasteiger partial charge is 0.159 e. The molecule has 0 heterocycles. The minimum Gasteiger partial charge on any atom is -0.395 e. The number of nitrogens with zero attached hydrogens (tertiary/aromatic N) is 1. The van der Waals surface area contributed by atoms with Crippen LogP contribution in [0.4, 0.5) is 8.78 Å².